The Morgan fingerprint density at radius 2 is 1.89 bits per heavy atom. The summed E-state index contributed by atoms with van der Waals surface area (Å²) in [5, 5.41) is 4.09. The molecule has 2 N–H and O–H groups in total. The van der Waals surface area contributed by atoms with Gasteiger partial charge in [-0.15, -0.1) is 0 Å². The maximum atomic E-state index is 5.70. The lowest BCUT2D eigenvalue weighted by atomic mass is 9.94. The van der Waals surface area contributed by atoms with Gasteiger partial charge in [-0.05, 0) is 35.4 Å². The number of hydrogen-bond acceptors (Lipinski definition) is 3. The van der Waals surface area contributed by atoms with Crippen molar-refractivity contribution >= 4 is 11.3 Å². The quantitative estimate of drug-likeness (QED) is 0.698. The maximum Gasteiger partial charge on any atom is 0.155 e. The van der Waals surface area contributed by atoms with E-state index in [0.29, 0.717) is 5.92 Å². The fraction of sp³-hybridized carbons (Fsp3) is 0.143. The molecule has 0 aliphatic rings. The lowest BCUT2D eigenvalue weighted by Crippen LogP contribution is -1.98. The molecule has 18 heavy (non-hydrogen) atoms. The molecule has 0 fully saturated rings. The lowest BCUT2D eigenvalue weighted by molar-refractivity contribution is 0.899. The van der Waals surface area contributed by atoms with Gasteiger partial charge in [-0.1, -0.05) is 19.1 Å². The van der Waals surface area contributed by atoms with Gasteiger partial charge in [-0.25, -0.2) is 9.50 Å². The fourth-order valence-corrected chi connectivity index (χ4v) is 2.08. The van der Waals surface area contributed by atoms with Crippen LogP contribution in [-0.4, -0.2) is 14.6 Å². The van der Waals surface area contributed by atoms with Crippen LogP contribution in [0.5, 0.6) is 0 Å². The van der Waals surface area contributed by atoms with Crippen LogP contribution < -0.4 is 5.73 Å². The highest BCUT2D eigenvalue weighted by atomic mass is 15.3. The molecule has 0 aliphatic heterocycles. The van der Waals surface area contributed by atoms with Crippen molar-refractivity contribution in [1.29, 1.82) is 0 Å². The molecule has 0 saturated heterocycles. The van der Waals surface area contributed by atoms with Gasteiger partial charge in [-0.2, -0.15) is 5.10 Å². The SMILES string of the molecule is CC(c1ccc(N)cc1)c1ccn2ncnc2c1. The van der Waals surface area contributed by atoms with Crippen molar-refractivity contribution in [1.82, 2.24) is 14.6 Å². The fourth-order valence-electron chi connectivity index (χ4n) is 2.08. The van der Waals surface area contributed by atoms with Gasteiger partial charge in [0.25, 0.3) is 0 Å². The summed E-state index contributed by atoms with van der Waals surface area (Å²) in [6.45, 7) is 2.17. The second-order valence-corrected chi connectivity index (χ2v) is 4.41. The normalized spacial score (nSPS) is 12.7. The van der Waals surface area contributed by atoms with Crippen LogP contribution in [0.25, 0.3) is 5.65 Å². The van der Waals surface area contributed by atoms with E-state index < -0.39 is 0 Å². The second-order valence-electron chi connectivity index (χ2n) is 4.41. The van der Waals surface area contributed by atoms with Crippen LogP contribution >= 0.6 is 0 Å². The van der Waals surface area contributed by atoms with Crippen LogP contribution in [0.2, 0.25) is 0 Å². The number of fused-ring (bicyclic) bond motifs is 1. The van der Waals surface area contributed by atoms with Crippen LogP contribution in [0.15, 0.2) is 48.9 Å². The van der Waals surface area contributed by atoms with E-state index >= 15 is 0 Å². The molecule has 4 heteroatoms. The van der Waals surface area contributed by atoms with E-state index in [1.807, 2.05) is 18.3 Å². The van der Waals surface area contributed by atoms with E-state index in [-0.39, 0.29) is 0 Å². The Kier molecular flexibility index (Phi) is 2.48. The van der Waals surface area contributed by atoms with Gasteiger partial charge in [0.1, 0.15) is 6.33 Å². The second kappa shape index (κ2) is 4.14. The van der Waals surface area contributed by atoms with Crippen molar-refractivity contribution in [3.63, 3.8) is 0 Å². The van der Waals surface area contributed by atoms with Crippen molar-refractivity contribution in [2.75, 3.05) is 5.73 Å². The Morgan fingerprint density at radius 3 is 2.67 bits per heavy atom. The van der Waals surface area contributed by atoms with E-state index in [4.69, 9.17) is 5.73 Å². The summed E-state index contributed by atoms with van der Waals surface area (Å²) in [5.74, 6) is 0.312. The molecular formula is C14H14N4. The Balaban J connectivity index is 2.00. The average molecular weight is 238 g/mol. The van der Waals surface area contributed by atoms with Crippen LogP contribution in [0.4, 0.5) is 5.69 Å². The third kappa shape index (κ3) is 1.82. The Bertz CT molecular complexity index is 670. The summed E-state index contributed by atoms with van der Waals surface area (Å²) in [6, 6.07) is 12.1. The largest absolute Gasteiger partial charge is 0.399 e. The summed E-state index contributed by atoms with van der Waals surface area (Å²) in [4.78, 5) is 4.20. The number of nitrogens with two attached hydrogens (primary N) is 1. The Labute approximate surface area is 105 Å². The molecular weight excluding hydrogens is 224 g/mol. The summed E-state index contributed by atoms with van der Waals surface area (Å²) in [6.07, 6.45) is 3.50. The first-order chi connectivity index (χ1) is 8.74. The van der Waals surface area contributed by atoms with E-state index in [2.05, 4.69) is 41.3 Å². The number of hydrogen-bond donors (Lipinski definition) is 1. The monoisotopic (exact) mass is 238 g/mol. The van der Waals surface area contributed by atoms with Crippen LogP contribution in [-0.2, 0) is 0 Å². The predicted molar refractivity (Wildman–Crippen MR) is 71.4 cm³/mol. The van der Waals surface area contributed by atoms with E-state index in [9.17, 15) is 0 Å². The van der Waals surface area contributed by atoms with Gasteiger partial charge in [0.05, 0.1) is 0 Å². The van der Waals surface area contributed by atoms with Crippen molar-refractivity contribution in [2.24, 2.45) is 0 Å². The maximum absolute atomic E-state index is 5.70. The molecule has 1 unspecified atom stereocenters. The molecule has 0 radical (unpaired) electrons. The highest BCUT2D eigenvalue weighted by Crippen LogP contribution is 2.25. The van der Waals surface area contributed by atoms with Gasteiger partial charge in [0, 0.05) is 17.8 Å². The van der Waals surface area contributed by atoms with Gasteiger partial charge in [0.2, 0.25) is 0 Å². The van der Waals surface area contributed by atoms with E-state index in [1.165, 1.54) is 11.1 Å². The summed E-state index contributed by atoms with van der Waals surface area (Å²) in [7, 11) is 0. The number of nitrogens with zero attached hydrogens (tertiary/aromatic N) is 3. The Morgan fingerprint density at radius 1 is 1.11 bits per heavy atom. The summed E-state index contributed by atoms with van der Waals surface area (Å²) >= 11 is 0. The number of nitrogen functional groups attached to an aromatic ring is 1. The molecule has 3 aromatic rings. The molecule has 0 spiro atoms. The first kappa shape index (κ1) is 10.8. The lowest BCUT2D eigenvalue weighted by Gasteiger charge is -2.12. The molecule has 1 aromatic carbocycles. The molecule has 90 valence electrons. The average Bonchev–Trinajstić information content (AvgIpc) is 2.86. The van der Waals surface area contributed by atoms with Crippen molar-refractivity contribution in [2.45, 2.75) is 12.8 Å². The number of aromatic nitrogens is 3. The molecule has 4 nitrogen and oxygen atoms in total. The Hall–Kier alpha value is -2.36. The van der Waals surface area contributed by atoms with E-state index in [0.717, 1.165) is 11.3 Å². The van der Waals surface area contributed by atoms with Crippen molar-refractivity contribution in [3.05, 3.63) is 60.0 Å². The molecule has 3 rings (SSSR count). The minimum absolute atomic E-state index is 0.312. The zero-order valence-corrected chi connectivity index (χ0v) is 10.1. The predicted octanol–water partition coefficient (Wildman–Crippen LogP) is 2.46. The molecule has 0 saturated carbocycles. The first-order valence-electron chi connectivity index (χ1n) is 5.89. The number of anilines is 1. The van der Waals surface area contributed by atoms with E-state index in [1.54, 1.807) is 10.8 Å². The molecule has 1 atom stereocenters. The number of pyridine rings is 1. The van der Waals surface area contributed by atoms with Crippen molar-refractivity contribution in [3.8, 4) is 0 Å². The first-order valence-corrected chi connectivity index (χ1v) is 5.89. The van der Waals surface area contributed by atoms with Gasteiger partial charge >= 0.3 is 0 Å². The molecule has 0 bridgehead atoms. The van der Waals surface area contributed by atoms with Gasteiger partial charge in [-0.3, -0.25) is 0 Å². The highest BCUT2D eigenvalue weighted by molar-refractivity contribution is 5.46. The molecule has 2 aromatic heterocycles. The summed E-state index contributed by atoms with van der Waals surface area (Å²) in [5.41, 5.74) is 9.83. The van der Waals surface area contributed by atoms with Crippen LogP contribution in [0.1, 0.15) is 24.0 Å². The zero-order chi connectivity index (χ0) is 12.5. The van der Waals surface area contributed by atoms with Gasteiger partial charge < -0.3 is 5.73 Å². The molecule has 2 heterocycles. The van der Waals surface area contributed by atoms with Crippen LogP contribution in [0, 0.1) is 0 Å². The minimum Gasteiger partial charge on any atom is -0.399 e. The number of benzene rings is 1. The topological polar surface area (TPSA) is 56.2 Å². The third-order valence-electron chi connectivity index (χ3n) is 3.24. The minimum atomic E-state index is 0.312. The molecule has 0 amide bonds. The summed E-state index contributed by atoms with van der Waals surface area (Å²) < 4.78 is 1.76. The smallest absolute Gasteiger partial charge is 0.155 e. The molecule has 0 aliphatic carbocycles. The third-order valence-corrected chi connectivity index (χ3v) is 3.24. The highest BCUT2D eigenvalue weighted by Gasteiger charge is 2.09. The van der Waals surface area contributed by atoms with Crippen molar-refractivity contribution < 1.29 is 0 Å². The zero-order valence-electron chi connectivity index (χ0n) is 10.1. The number of rotatable bonds is 2. The van der Waals surface area contributed by atoms with Gasteiger partial charge in [0.15, 0.2) is 5.65 Å². The van der Waals surface area contributed by atoms with Crippen LogP contribution in [0.3, 0.4) is 0 Å². The standard InChI is InChI=1S/C14H14N4/c1-10(11-2-4-13(15)5-3-11)12-6-7-18-14(8-12)16-9-17-18/h2-10H,15H2,1H3.